The van der Waals surface area contributed by atoms with Crippen LogP contribution in [0.5, 0.6) is 0 Å². The van der Waals surface area contributed by atoms with Gasteiger partial charge in [0.2, 0.25) is 0 Å². The van der Waals surface area contributed by atoms with Crippen molar-refractivity contribution in [3.05, 3.63) is 68.9 Å². The molecule has 0 heterocycles. The lowest BCUT2D eigenvalue weighted by Crippen LogP contribution is -2.23. The summed E-state index contributed by atoms with van der Waals surface area (Å²) in [5.41, 5.74) is 2.21. The molecule has 1 N–H and O–H groups in total. The van der Waals surface area contributed by atoms with E-state index < -0.39 is 0 Å². The Hall–Kier alpha value is -0.900. The first-order chi connectivity index (χ1) is 10.1. The lowest BCUT2D eigenvalue weighted by atomic mass is 9.91. The Kier molecular flexibility index (Phi) is 6.22. The van der Waals surface area contributed by atoms with Crippen LogP contribution in [0.2, 0.25) is 5.02 Å². The van der Waals surface area contributed by atoms with Crippen LogP contribution in [-0.4, -0.2) is 13.1 Å². The fraction of sp³-hybridized carbons (Fsp3) is 0.294. The van der Waals surface area contributed by atoms with E-state index in [9.17, 15) is 4.39 Å². The molecule has 2 aromatic carbocycles. The lowest BCUT2D eigenvalue weighted by molar-refractivity contribution is 0.591. The first kappa shape index (κ1) is 16.5. The number of likely N-dealkylation sites (N-methyl/N-ethyl adjacent to an activating group) is 1. The largest absolute Gasteiger partial charge is 0.316 e. The van der Waals surface area contributed by atoms with Gasteiger partial charge in [0.15, 0.2) is 0 Å². The van der Waals surface area contributed by atoms with Gasteiger partial charge in [0, 0.05) is 17.5 Å². The number of benzene rings is 2. The maximum Gasteiger partial charge on any atom is 0.137 e. The van der Waals surface area contributed by atoms with E-state index in [1.54, 1.807) is 0 Å². The van der Waals surface area contributed by atoms with Crippen LogP contribution in [0.4, 0.5) is 4.39 Å². The number of halogens is 3. The normalized spacial score (nSPS) is 12.4. The molecule has 0 spiro atoms. The van der Waals surface area contributed by atoms with E-state index in [1.165, 1.54) is 6.07 Å². The van der Waals surface area contributed by atoms with E-state index >= 15 is 0 Å². The molecule has 0 aliphatic rings. The maximum atomic E-state index is 13.3. The Balaban J connectivity index is 2.24. The van der Waals surface area contributed by atoms with Gasteiger partial charge in [-0.15, -0.1) is 0 Å². The fourth-order valence-corrected chi connectivity index (χ4v) is 3.08. The van der Waals surface area contributed by atoms with Crippen LogP contribution in [0.15, 0.2) is 46.9 Å². The third-order valence-corrected chi connectivity index (χ3v) is 4.40. The second kappa shape index (κ2) is 7.92. The molecule has 0 radical (unpaired) electrons. The first-order valence-corrected chi connectivity index (χ1v) is 8.18. The van der Waals surface area contributed by atoms with Gasteiger partial charge in [0.1, 0.15) is 5.82 Å². The highest BCUT2D eigenvalue weighted by Gasteiger charge is 2.15. The van der Waals surface area contributed by atoms with Gasteiger partial charge in [-0.05, 0) is 58.2 Å². The van der Waals surface area contributed by atoms with Gasteiger partial charge in [-0.1, -0.05) is 42.8 Å². The van der Waals surface area contributed by atoms with E-state index in [0.29, 0.717) is 4.47 Å². The van der Waals surface area contributed by atoms with Crippen molar-refractivity contribution in [1.82, 2.24) is 5.32 Å². The van der Waals surface area contributed by atoms with Crippen LogP contribution in [0.1, 0.15) is 24.0 Å². The predicted octanol–water partition coefficient (Wildman–Crippen LogP) is 5.18. The zero-order chi connectivity index (χ0) is 15.2. The molecule has 0 aromatic heterocycles. The standard InChI is InChI=1S/C17H18BrClFN/c1-2-21-11-13(14-5-3-4-6-16(14)19)9-12-7-8-17(20)15(18)10-12/h3-8,10,13,21H,2,9,11H2,1H3. The fourth-order valence-electron chi connectivity index (χ4n) is 2.37. The summed E-state index contributed by atoms with van der Waals surface area (Å²) in [5.74, 6) is 0.0238. The van der Waals surface area contributed by atoms with Crippen molar-refractivity contribution in [2.75, 3.05) is 13.1 Å². The van der Waals surface area contributed by atoms with Crippen molar-refractivity contribution in [1.29, 1.82) is 0 Å². The van der Waals surface area contributed by atoms with Crippen LogP contribution < -0.4 is 5.32 Å². The summed E-state index contributed by atoms with van der Waals surface area (Å²) in [6.07, 6.45) is 0.815. The molecule has 0 aliphatic carbocycles. The van der Waals surface area contributed by atoms with Crippen molar-refractivity contribution in [2.45, 2.75) is 19.3 Å². The molecular weight excluding hydrogens is 353 g/mol. The Labute approximate surface area is 138 Å². The summed E-state index contributed by atoms with van der Waals surface area (Å²) in [4.78, 5) is 0. The van der Waals surface area contributed by atoms with Gasteiger partial charge in [0.05, 0.1) is 4.47 Å². The summed E-state index contributed by atoms with van der Waals surface area (Å²) in [5, 5.41) is 4.16. The summed E-state index contributed by atoms with van der Waals surface area (Å²) in [6.45, 7) is 3.83. The molecule has 0 bridgehead atoms. The van der Waals surface area contributed by atoms with Crippen LogP contribution in [-0.2, 0) is 6.42 Å². The minimum absolute atomic E-state index is 0.236. The topological polar surface area (TPSA) is 12.0 Å². The molecule has 0 saturated heterocycles. The van der Waals surface area contributed by atoms with Crippen molar-refractivity contribution in [3.8, 4) is 0 Å². The van der Waals surface area contributed by atoms with Crippen LogP contribution in [0.25, 0.3) is 0 Å². The van der Waals surface area contributed by atoms with E-state index in [0.717, 1.165) is 35.7 Å². The highest BCUT2D eigenvalue weighted by atomic mass is 79.9. The molecule has 2 aromatic rings. The summed E-state index contributed by atoms with van der Waals surface area (Å²) >= 11 is 9.57. The van der Waals surface area contributed by atoms with E-state index in [1.807, 2.05) is 30.3 Å². The molecule has 2 rings (SSSR count). The molecule has 1 atom stereocenters. The molecule has 0 aliphatic heterocycles. The van der Waals surface area contributed by atoms with Gasteiger partial charge in [-0.2, -0.15) is 0 Å². The monoisotopic (exact) mass is 369 g/mol. The minimum atomic E-state index is -0.236. The van der Waals surface area contributed by atoms with E-state index in [4.69, 9.17) is 11.6 Å². The zero-order valence-corrected chi connectivity index (χ0v) is 14.2. The van der Waals surface area contributed by atoms with E-state index in [2.05, 4.69) is 34.2 Å². The Morgan fingerprint density at radius 2 is 2.00 bits per heavy atom. The van der Waals surface area contributed by atoms with Gasteiger partial charge in [0.25, 0.3) is 0 Å². The molecule has 0 amide bonds. The highest BCUT2D eigenvalue weighted by Crippen LogP contribution is 2.28. The predicted molar refractivity (Wildman–Crippen MR) is 90.5 cm³/mol. The molecule has 112 valence electrons. The number of hydrogen-bond acceptors (Lipinski definition) is 1. The molecule has 21 heavy (non-hydrogen) atoms. The summed E-state index contributed by atoms with van der Waals surface area (Å²) < 4.78 is 13.8. The average molecular weight is 371 g/mol. The van der Waals surface area contributed by atoms with Gasteiger partial charge < -0.3 is 5.32 Å². The highest BCUT2D eigenvalue weighted by molar-refractivity contribution is 9.10. The van der Waals surface area contributed by atoms with Crippen molar-refractivity contribution in [2.24, 2.45) is 0 Å². The minimum Gasteiger partial charge on any atom is -0.316 e. The molecule has 0 fully saturated rings. The van der Waals surface area contributed by atoms with Crippen molar-refractivity contribution < 1.29 is 4.39 Å². The first-order valence-electron chi connectivity index (χ1n) is 7.01. The van der Waals surface area contributed by atoms with Crippen LogP contribution in [0, 0.1) is 5.82 Å². The third-order valence-electron chi connectivity index (χ3n) is 3.45. The third kappa shape index (κ3) is 4.53. The number of nitrogens with one attached hydrogen (secondary N) is 1. The van der Waals surface area contributed by atoms with Gasteiger partial charge >= 0.3 is 0 Å². The maximum absolute atomic E-state index is 13.3. The zero-order valence-electron chi connectivity index (χ0n) is 11.9. The van der Waals surface area contributed by atoms with Crippen LogP contribution >= 0.6 is 27.5 Å². The van der Waals surface area contributed by atoms with Gasteiger partial charge in [-0.25, -0.2) is 4.39 Å². The average Bonchev–Trinajstić information content (AvgIpc) is 2.48. The SMILES string of the molecule is CCNCC(Cc1ccc(F)c(Br)c1)c1ccccc1Cl. The van der Waals surface area contributed by atoms with Crippen molar-refractivity contribution >= 4 is 27.5 Å². The lowest BCUT2D eigenvalue weighted by Gasteiger charge is -2.19. The molecule has 1 nitrogen and oxygen atoms in total. The van der Waals surface area contributed by atoms with Gasteiger partial charge in [-0.3, -0.25) is 0 Å². The van der Waals surface area contributed by atoms with Crippen molar-refractivity contribution in [3.63, 3.8) is 0 Å². The molecule has 0 saturated carbocycles. The number of hydrogen-bond donors (Lipinski definition) is 1. The molecule has 4 heteroatoms. The Morgan fingerprint density at radius 1 is 1.24 bits per heavy atom. The summed E-state index contributed by atoms with van der Waals surface area (Å²) in [6, 6.07) is 13.1. The molecular formula is C17H18BrClFN. The smallest absolute Gasteiger partial charge is 0.137 e. The molecule has 1 unspecified atom stereocenters. The second-order valence-corrected chi connectivity index (χ2v) is 6.24. The van der Waals surface area contributed by atoms with E-state index in [-0.39, 0.29) is 11.7 Å². The van der Waals surface area contributed by atoms with Crippen LogP contribution in [0.3, 0.4) is 0 Å². The second-order valence-electron chi connectivity index (χ2n) is 4.98. The quantitative estimate of drug-likeness (QED) is 0.739. The summed E-state index contributed by atoms with van der Waals surface area (Å²) in [7, 11) is 0. The Bertz CT molecular complexity index is 603. The Morgan fingerprint density at radius 3 is 2.67 bits per heavy atom. The number of rotatable bonds is 6.